The van der Waals surface area contributed by atoms with Crippen molar-refractivity contribution < 1.29 is 13.9 Å². The van der Waals surface area contributed by atoms with Gasteiger partial charge in [0.2, 0.25) is 5.91 Å². The Bertz CT molecular complexity index is 700. The molecule has 0 saturated heterocycles. The fourth-order valence-electron chi connectivity index (χ4n) is 3.09. The lowest BCUT2D eigenvalue weighted by atomic mass is 9.86. The lowest BCUT2D eigenvalue weighted by molar-refractivity contribution is -0.116. The molecule has 1 saturated carbocycles. The summed E-state index contributed by atoms with van der Waals surface area (Å²) in [5.41, 5.74) is 0.509. The molecule has 0 aliphatic heterocycles. The number of halogens is 1. The third-order valence-electron chi connectivity index (χ3n) is 4.45. The summed E-state index contributed by atoms with van der Waals surface area (Å²) in [5, 5.41) is 2.79. The van der Waals surface area contributed by atoms with E-state index in [1.807, 2.05) is 0 Å². The molecule has 1 aliphatic rings. The number of anilines is 1. The predicted octanol–water partition coefficient (Wildman–Crippen LogP) is 4.71. The Balaban J connectivity index is 1.48. The molecular weight excluding hydrogens is 321 g/mol. The molecule has 0 bridgehead atoms. The summed E-state index contributed by atoms with van der Waals surface area (Å²) in [6.07, 6.45) is 10.7. The number of benzene rings is 1. The van der Waals surface area contributed by atoms with Crippen molar-refractivity contribution in [1.82, 2.24) is 9.97 Å². The Morgan fingerprint density at radius 2 is 1.88 bits per heavy atom. The van der Waals surface area contributed by atoms with E-state index in [1.165, 1.54) is 56.6 Å². The molecule has 0 spiro atoms. The highest BCUT2D eigenvalue weighted by atomic mass is 19.1. The lowest BCUT2D eigenvalue weighted by Gasteiger charge is -2.20. The molecule has 132 valence electrons. The number of nitrogens with one attached hydrogen (secondary N) is 1. The van der Waals surface area contributed by atoms with Gasteiger partial charge in [0, 0.05) is 6.42 Å². The molecule has 1 amide bonds. The molecule has 6 heteroatoms. The Hall–Kier alpha value is -2.50. The number of aromatic nitrogens is 2. The smallest absolute Gasteiger partial charge is 0.322 e. The van der Waals surface area contributed by atoms with Gasteiger partial charge in [-0.3, -0.25) is 4.79 Å². The molecule has 3 rings (SSSR count). The minimum absolute atomic E-state index is 0.0306. The second kappa shape index (κ2) is 8.55. The van der Waals surface area contributed by atoms with Gasteiger partial charge in [-0.25, -0.2) is 14.4 Å². The molecule has 2 aromatic rings. The second-order valence-corrected chi connectivity index (χ2v) is 6.38. The fourth-order valence-corrected chi connectivity index (χ4v) is 3.09. The van der Waals surface area contributed by atoms with Crippen molar-refractivity contribution >= 4 is 11.6 Å². The van der Waals surface area contributed by atoms with Crippen LogP contribution in [-0.2, 0) is 4.79 Å². The Kier molecular flexibility index (Phi) is 5.93. The Labute approximate surface area is 146 Å². The van der Waals surface area contributed by atoms with Crippen molar-refractivity contribution in [3.05, 3.63) is 42.5 Å². The van der Waals surface area contributed by atoms with Gasteiger partial charge in [0.25, 0.3) is 0 Å². The molecule has 0 atom stereocenters. The van der Waals surface area contributed by atoms with E-state index in [0.29, 0.717) is 18.0 Å². The third kappa shape index (κ3) is 5.24. The fraction of sp³-hybridized carbons (Fsp3) is 0.421. The largest absolute Gasteiger partial charge is 0.421 e. The maximum atomic E-state index is 13.5. The first-order chi connectivity index (χ1) is 12.2. The average Bonchev–Trinajstić information content (AvgIpc) is 2.64. The molecule has 5 nitrogen and oxygen atoms in total. The van der Waals surface area contributed by atoms with Crippen LogP contribution in [0.4, 0.5) is 10.1 Å². The number of carbonyl (C=O) groups excluding carboxylic acids is 1. The van der Waals surface area contributed by atoms with Crippen molar-refractivity contribution in [2.45, 2.75) is 44.9 Å². The van der Waals surface area contributed by atoms with E-state index in [4.69, 9.17) is 4.74 Å². The first-order valence-corrected chi connectivity index (χ1v) is 8.75. The molecule has 0 unspecified atom stereocenters. The highest BCUT2D eigenvalue weighted by Gasteiger charge is 2.15. The quantitative estimate of drug-likeness (QED) is 0.825. The maximum Gasteiger partial charge on any atom is 0.322 e. The topological polar surface area (TPSA) is 64.1 Å². The molecular formula is C19H22FN3O2. The molecule has 1 aromatic carbocycles. The number of hydrogen-bond acceptors (Lipinski definition) is 4. The summed E-state index contributed by atoms with van der Waals surface area (Å²) in [5.74, 6) is 0.224. The van der Waals surface area contributed by atoms with E-state index in [1.54, 1.807) is 12.1 Å². The summed E-state index contributed by atoms with van der Waals surface area (Å²) >= 11 is 0. The van der Waals surface area contributed by atoms with E-state index in [-0.39, 0.29) is 17.7 Å². The summed E-state index contributed by atoms with van der Waals surface area (Å²) in [4.78, 5) is 20.0. The number of hydrogen-bond donors (Lipinski definition) is 1. The van der Waals surface area contributed by atoms with Crippen LogP contribution in [0.3, 0.4) is 0 Å². The van der Waals surface area contributed by atoms with Crippen LogP contribution in [0.15, 0.2) is 36.7 Å². The van der Waals surface area contributed by atoms with Gasteiger partial charge in [-0.2, -0.15) is 0 Å². The zero-order valence-corrected chi connectivity index (χ0v) is 14.1. The van der Waals surface area contributed by atoms with Crippen molar-refractivity contribution in [3.8, 4) is 11.8 Å². The minimum Gasteiger partial charge on any atom is -0.421 e. The molecule has 1 N–H and O–H groups in total. The van der Waals surface area contributed by atoms with Crippen LogP contribution in [0, 0.1) is 11.7 Å². The normalized spacial score (nSPS) is 14.9. The summed E-state index contributed by atoms with van der Waals surface area (Å²) in [7, 11) is 0. The van der Waals surface area contributed by atoms with Crippen LogP contribution in [0.5, 0.6) is 11.8 Å². The van der Waals surface area contributed by atoms with E-state index < -0.39 is 5.82 Å². The van der Waals surface area contributed by atoms with Gasteiger partial charge in [-0.1, -0.05) is 44.2 Å². The minimum atomic E-state index is -0.480. The van der Waals surface area contributed by atoms with Crippen LogP contribution < -0.4 is 10.1 Å². The summed E-state index contributed by atoms with van der Waals surface area (Å²) in [6, 6.07) is 6.08. The van der Waals surface area contributed by atoms with Crippen molar-refractivity contribution in [1.29, 1.82) is 0 Å². The maximum absolute atomic E-state index is 13.5. The SMILES string of the molecule is O=C(CCC1CCCCC1)Nc1cnc(Oc2ccccc2F)nc1. The third-order valence-corrected chi connectivity index (χ3v) is 4.45. The van der Waals surface area contributed by atoms with Gasteiger partial charge in [-0.15, -0.1) is 0 Å². The van der Waals surface area contributed by atoms with Gasteiger partial charge in [-0.05, 0) is 24.5 Å². The average molecular weight is 343 g/mol. The lowest BCUT2D eigenvalue weighted by Crippen LogP contribution is -2.15. The van der Waals surface area contributed by atoms with Crippen LogP contribution in [0.2, 0.25) is 0 Å². The van der Waals surface area contributed by atoms with E-state index in [2.05, 4.69) is 15.3 Å². The van der Waals surface area contributed by atoms with Crippen LogP contribution in [0.25, 0.3) is 0 Å². The molecule has 1 fully saturated rings. The standard InChI is InChI=1S/C19H22FN3O2/c20-16-8-4-5-9-17(16)25-19-21-12-15(13-22-19)23-18(24)11-10-14-6-2-1-3-7-14/h4-5,8-9,12-14H,1-3,6-7,10-11H2,(H,23,24). The Morgan fingerprint density at radius 3 is 2.60 bits per heavy atom. The number of ether oxygens (including phenoxy) is 1. The monoisotopic (exact) mass is 343 g/mol. The zero-order chi connectivity index (χ0) is 17.5. The van der Waals surface area contributed by atoms with Gasteiger partial charge < -0.3 is 10.1 Å². The Morgan fingerprint density at radius 1 is 1.16 bits per heavy atom. The van der Waals surface area contributed by atoms with E-state index >= 15 is 0 Å². The van der Waals surface area contributed by atoms with Crippen molar-refractivity contribution in [3.63, 3.8) is 0 Å². The summed E-state index contributed by atoms with van der Waals surface area (Å²) < 4.78 is 18.8. The molecule has 1 aromatic heterocycles. The molecule has 25 heavy (non-hydrogen) atoms. The molecule has 0 radical (unpaired) electrons. The molecule has 1 aliphatic carbocycles. The second-order valence-electron chi connectivity index (χ2n) is 6.38. The van der Waals surface area contributed by atoms with Gasteiger partial charge >= 0.3 is 6.01 Å². The zero-order valence-electron chi connectivity index (χ0n) is 14.1. The van der Waals surface area contributed by atoms with E-state index in [9.17, 15) is 9.18 Å². The number of rotatable bonds is 6. The highest BCUT2D eigenvalue weighted by Crippen LogP contribution is 2.27. The summed E-state index contributed by atoms with van der Waals surface area (Å²) in [6.45, 7) is 0. The van der Waals surface area contributed by atoms with Crippen molar-refractivity contribution in [2.24, 2.45) is 5.92 Å². The first kappa shape index (κ1) is 17.3. The van der Waals surface area contributed by atoms with E-state index in [0.717, 1.165) is 6.42 Å². The number of carbonyl (C=O) groups is 1. The van der Waals surface area contributed by atoms with Crippen LogP contribution >= 0.6 is 0 Å². The number of nitrogens with zero attached hydrogens (tertiary/aromatic N) is 2. The molecule has 1 heterocycles. The number of amides is 1. The predicted molar refractivity (Wildman–Crippen MR) is 92.9 cm³/mol. The van der Waals surface area contributed by atoms with Crippen LogP contribution in [0.1, 0.15) is 44.9 Å². The first-order valence-electron chi connectivity index (χ1n) is 8.75. The van der Waals surface area contributed by atoms with Gasteiger partial charge in [0.15, 0.2) is 11.6 Å². The highest BCUT2D eigenvalue weighted by molar-refractivity contribution is 5.90. The van der Waals surface area contributed by atoms with Gasteiger partial charge in [0.1, 0.15) is 0 Å². The van der Waals surface area contributed by atoms with Gasteiger partial charge in [0.05, 0.1) is 18.1 Å². The van der Waals surface area contributed by atoms with Crippen LogP contribution in [-0.4, -0.2) is 15.9 Å². The number of para-hydroxylation sites is 1. The van der Waals surface area contributed by atoms with Crippen molar-refractivity contribution in [2.75, 3.05) is 5.32 Å².